The number of alkyl halides is 3. The minimum absolute atomic E-state index is 0.0276. The molecule has 3 nitrogen and oxygen atoms in total. The molecule has 1 aliphatic rings. The molecule has 2 rings (SSSR count). The first kappa shape index (κ1) is 11.5. The molecule has 0 unspecified atom stereocenters. The SMILES string of the molecule is O=C(O)C1=Cc2ccccc2O[C@@H]1C(F)(F)F. The zero-order valence-electron chi connectivity index (χ0n) is 8.36. The van der Waals surface area contributed by atoms with Gasteiger partial charge in [0, 0.05) is 5.56 Å². The molecule has 0 bridgehead atoms. The predicted octanol–water partition coefficient (Wildman–Crippen LogP) is 2.48. The average Bonchev–Trinajstić information content (AvgIpc) is 2.26. The lowest BCUT2D eigenvalue weighted by Gasteiger charge is -2.26. The van der Waals surface area contributed by atoms with Crippen LogP contribution in [-0.4, -0.2) is 23.4 Å². The predicted molar refractivity (Wildman–Crippen MR) is 52.5 cm³/mol. The Morgan fingerprint density at radius 3 is 2.53 bits per heavy atom. The van der Waals surface area contributed by atoms with Crippen molar-refractivity contribution in [2.45, 2.75) is 12.3 Å². The molecule has 0 fully saturated rings. The van der Waals surface area contributed by atoms with Crippen molar-refractivity contribution < 1.29 is 27.8 Å². The van der Waals surface area contributed by atoms with E-state index in [9.17, 15) is 18.0 Å². The van der Waals surface area contributed by atoms with Gasteiger partial charge in [-0.05, 0) is 12.1 Å². The van der Waals surface area contributed by atoms with Gasteiger partial charge in [-0.1, -0.05) is 18.2 Å². The van der Waals surface area contributed by atoms with Crippen molar-refractivity contribution in [3.8, 4) is 5.75 Å². The Hall–Kier alpha value is -1.98. The number of aliphatic carboxylic acids is 1. The van der Waals surface area contributed by atoms with E-state index in [1.165, 1.54) is 18.2 Å². The summed E-state index contributed by atoms with van der Waals surface area (Å²) in [5.74, 6) is -1.61. The molecule has 0 saturated heterocycles. The van der Waals surface area contributed by atoms with Crippen LogP contribution < -0.4 is 4.74 Å². The highest BCUT2D eigenvalue weighted by molar-refractivity contribution is 5.94. The molecule has 0 amide bonds. The van der Waals surface area contributed by atoms with E-state index < -0.39 is 23.8 Å². The van der Waals surface area contributed by atoms with Gasteiger partial charge in [-0.3, -0.25) is 0 Å². The van der Waals surface area contributed by atoms with E-state index in [1.807, 2.05) is 0 Å². The Morgan fingerprint density at radius 1 is 1.29 bits per heavy atom. The highest BCUT2D eigenvalue weighted by atomic mass is 19.4. The van der Waals surface area contributed by atoms with Crippen LogP contribution in [0, 0.1) is 0 Å². The molecule has 1 heterocycles. The number of fused-ring (bicyclic) bond motifs is 1. The van der Waals surface area contributed by atoms with Crippen molar-refractivity contribution in [3.05, 3.63) is 35.4 Å². The monoisotopic (exact) mass is 244 g/mol. The van der Waals surface area contributed by atoms with Gasteiger partial charge in [0.15, 0.2) is 0 Å². The van der Waals surface area contributed by atoms with Crippen molar-refractivity contribution in [2.24, 2.45) is 0 Å². The molecule has 90 valence electrons. The third-order valence-electron chi connectivity index (χ3n) is 2.30. The number of benzene rings is 1. The summed E-state index contributed by atoms with van der Waals surface area (Å²) in [5, 5.41) is 8.75. The third kappa shape index (κ3) is 2.11. The lowest BCUT2D eigenvalue weighted by molar-refractivity contribution is -0.187. The highest BCUT2D eigenvalue weighted by Gasteiger charge is 2.48. The summed E-state index contributed by atoms with van der Waals surface area (Å²) in [6.07, 6.45) is -6.19. The molecule has 1 N–H and O–H groups in total. The van der Waals surface area contributed by atoms with Crippen molar-refractivity contribution in [3.63, 3.8) is 0 Å². The lowest BCUT2D eigenvalue weighted by atomic mass is 10.0. The number of rotatable bonds is 1. The van der Waals surface area contributed by atoms with Gasteiger partial charge >= 0.3 is 12.1 Å². The van der Waals surface area contributed by atoms with Crippen molar-refractivity contribution in [1.29, 1.82) is 0 Å². The van der Waals surface area contributed by atoms with Gasteiger partial charge in [-0.25, -0.2) is 4.79 Å². The third-order valence-corrected chi connectivity index (χ3v) is 2.30. The minimum Gasteiger partial charge on any atom is -0.478 e. The van der Waals surface area contributed by atoms with Gasteiger partial charge < -0.3 is 9.84 Å². The van der Waals surface area contributed by atoms with Gasteiger partial charge in [-0.15, -0.1) is 0 Å². The van der Waals surface area contributed by atoms with Gasteiger partial charge in [0.25, 0.3) is 0 Å². The number of hydrogen-bond acceptors (Lipinski definition) is 2. The van der Waals surface area contributed by atoms with Crippen LogP contribution in [0.15, 0.2) is 29.8 Å². The zero-order chi connectivity index (χ0) is 12.6. The largest absolute Gasteiger partial charge is 0.478 e. The molecule has 1 atom stereocenters. The van der Waals surface area contributed by atoms with Crippen LogP contribution in [0.25, 0.3) is 6.08 Å². The first-order chi connectivity index (χ1) is 7.89. The zero-order valence-corrected chi connectivity index (χ0v) is 8.36. The van der Waals surface area contributed by atoms with Gasteiger partial charge in [0.1, 0.15) is 5.75 Å². The molecule has 0 aliphatic carbocycles. The number of carboxylic acids is 1. The van der Waals surface area contributed by atoms with Crippen molar-refractivity contribution in [2.75, 3.05) is 0 Å². The van der Waals surface area contributed by atoms with E-state index in [4.69, 9.17) is 9.84 Å². The van der Waals surface area contributed by atoms with E-state index in [0.717, 1.165) is 6.08 Å². The fourth-order valence-electron chi connectivity index (χ4n) is 1.56. The second-order valence-corrected chi connectivity index (χ2v) is 3.48. The fourth-order valence-corrected chi connectivity index (χ4v) is 1.56. The van der Waals surface area contributed by atoms with Crippen LogP contribution in [0.5, 0.6) is 5.75 Å². The molecule has 1 aliphatic heterocycles. The van der Waals surface area contributed by atoms with Crippen LogP contribution in [0.1, 0.15) is 5.56 Å². The smallest absolute Gasteiger partial charge is 0.430 e. The van der Waals surface area contributed by atoms with Gasteiger partial charge in [0.2, 0.25) is 6.10 Å². The fraction of sp³-hybridized carbons (Fsp3) is 0.182. The first-order valence-electron chi connectivity index (χ1n) is 4.67. The van der Waals surface area contributed by atoms with E-state index >= 15 is 0 Å². The first-order valence-corrected chi connectivity index (χ1v) is 4.67. The summed E-state index contributed by atoms with van der Waals surface area (Å²) < 4.78 is 42.5. The molecular weight excluding hydrogens is 237 g/mol. The molecule has 0 aromatic heterocycles. The number of halogens is 3. The maximum atomic E-state index is 12.6. The summed E-state index contributed by atoms with van der Waals surface area (Å²) >= 11 is 0. The van der Waals surface area contributed by atoms with E-state index in [-0.39, 0.29) is 5.75 Å². The number of carbonyl (C=O) groups is 1. The summed E-state index contributed by atoms with van der Waals surface area (Å²) in [6, 6.07) is 5.96. The molecule has 0 saturated carbocycles. The van der Waals surface area contributed by atoms with Crippen molar-refractivity contribution >= 4 is 12.0 Å². The number of para-hydroxylation sites is 1. The minimum atomic E-state index is -4.75. The maximum absolute atomic E-state index is 12.6. The van der Waals surface area contributed by atoms with Crippen LogP contribution in [0.2, 0.25) is 0 Å². The van der Waals surface area contributed by atoms with Crippen LogP contribution in [0.3, 0.4) is 0 Å². The topological polar surface area (TPSA) is 46.5 Å². The van der Waals surface area contributed by atoms with Gasteiger partial charge in [0.05, 0.1) is 5.57 Å². The average molecular weight is 244 g/mol. The van der Waals surface area contributed by atoms with Crippen LogP contribution >= 0.6 is 0 Å². The molecule has 6 heteroatoms. The highest BCUT2D eigenvalue weighted by Crippen LogP contribution is 2.36. The summed E-state index contributed by atoms with van der Waals surface area (Å²) in [7, 11) is 0. The lowest BCUT2D eigenvalue weighted by Crippen LogP contribution is -2.40. The number of hydrogen-bond donors (Lipinski definition) is 1. The Kier molecular flexibility index (Phi) is 2.57. The standard InChI is InChI=1S/C11H7F3O3/c12-11(13,14)9-7(10(15)16)5-6-3-1-2-4-8(6)17-9/h1-5,9H,(H,15,16)/t9-/m0/s1. The number of ether oxygens (including phenoxy) is 1. The quantitative estimate of drug-likeness (QED) is 0.825. The Bertz CT molecular complexity index is 491. The van der Waals surface area contributed by atoms with Gasteiger partial charge in [-0.2, -0.15) is 13.2 Å². The molecule has 17 heavy (non-hydrogen) atoms. The number of carboxylic acid groups (broad SMARTS) is 1. The molecule has 0 radical (unpaired) electrons. The molecule has 0 spiro atoms. The maximum Gasteiger partial charge on any atom is 0.430 e. The second-order valence-electron chi connectivity index (χ2n) is 3.48. The normalized spacial score (nSPS) is 19.0. The van der Waals surface area contributed by atoms with Crippen LogP contribution in [-0.2, 0) is 4.79 Å². The Morgan fingerprint density at radius 2 is 1.94 bits per heavy atom. The molecular formula is C11H7F3O3. The second kappa shape index (κ2) is 3.80. The van der Waals surface area contributed by atoms with E-state index in [2.05, 4.69) is 0 Å². The van der Waals surface area contributed by atoms with Crippen molar-refractivity contribution in [1.82, 2.24) is 0 Å². The summed E-state index contributed by atoms with van der Waals surface area (Å²) in [4.78, 5) is 10.8. The molecule has 1 aromatic carbocycles. The molecule has 1 aromatic rings. The summed E-state index contributed by atoms with van der Waals surface area (Å²) in [5.41, 5.74) is -0.485. The van der Waals surface area contributed by atoms with Crippen LogP contribution in [0.4, 0.5) is 13.2 Å². The van der Waals surface area contributed by atoms with E-state index in [0.29, 0.717) is 5.56 Å². The Balaban J connectivity index is 2.51. The summed E-state index contributed by atoms with van der Waals surface area (Å²) in [6.45, 7) is 0. The Labute approximate surface area is 94.1 Å². The van der Waals surface area contributed by atoms with E-state index in [1.54, 1.807) is 6.07 Å².